The van der Waals surface area contributed by atoms with E-state index in [4.69, 9.17) is 4.74 Å². The van der Waals surface area contributed by atoms with Crippen LogP contribution in [-0.2, 0) is 25.5 Å². The lowest BCUT2D eigenvalue weighted by atomic mass is 9.96. The van der Waals surface area contributed by atoms with E-state index in [1.54, 1.807) is 0 Å². The van der Waals surface area contributed by atoms with Gasteiger partial charge in [0, 0.05) is 12.8 Å². The first-order valence-electron chi connectivity index (χ1n) is 11.9. The summed E-state index contributed by atoms with van der Waals surface area (Å²) in [5.41, 5.74) is 1.02. The Bertz CT molecular complexity index is 778. The third kappa shape index (κ3) is 10.2. The minimum atomic E-state index is -0.544. The van der Waals surface area contributed by atoms with Crippen molar-refractivity contribution in [2.24, 2.45) is 11.8 Å². The van der Waals surface area contributed by atoms with Crippen molar-refractivity contribution in [2.45, 2.75) is 70.9 Å². The highest BCUT2D eigenvalue weighted by atomic mass is 16.5. The van der Waals surface area contributed by atoms with Gasteiger partial charge in [-0.2, -0.15) is 0 Å². The predicted octanol–water partition coefficient (Wildman–Crippen LogP) is 2.92. The van der Waals surface area contributed by atoms with Gasteiger partial charge < -0.3 is 20.5 Å². The predicted molar refractivity (Wildman–Crippen MR) is 127 cm³/mol. The molecular weight excluding hydrogens is 420 g/mol. The largest absolute Gasteiger partial charge is 0.463 e. The Hall–Kier alpha value is -2.67. The SMILES string of the molecule is CC(C)[C@H]1COC(=O)CCCCC=CC[C@H](CC(=O)N[C@@H](CO)Cc2ccccc2)C(=O)N1. The number of hydrogen-bond acceptors (Lipinski definition) is 5. The summed E-state index contributed by atoms with van der Waals surface area (Å²) in [5.74, 6) is -1.22. The molecular formula is C26H38N2O5. The second kappa shape index (κ2) is 14.5. The number of carbonyl (C=O) groups excluding carboxylic acids is 3. The Morgan fingerprint density at radius 2 is 1.94 bits per heavy atom. The second-order valence-electron chi connectivity index (χ2n) is 9.03. The maximum Gasteiger partial charge on any atom is 0.305 e. The van der Waals surface area contributed by atoms with Crippen molar-refractivity contribution in [1.82, 2.24) is 10.6 Å². The molecule has 0 aromatic heterocycles. The number of rotatable bonds is 7. The monoisotopic (exact) mass is 458 g/mol. The summed E-state index contributed by atoms with van der Waals surface area (Å²) in [4.78, 5) is 37.8. The topological polar surface area (TPSA) is 105 Å². The van der Waals surface area contributed by atoms with Crippen molar-refractivity contribution in [3.63, 3.8) is 0 Å². The number of ether oxygens (including phenoxy) is 1. The molecule has 1 aromatic carbocycles. The quantitative estimate of drug-likeness (QED) is 0.430. The number of aliphatic hydroxyl groups is 1. The minimum absolute atomic E-state index is 0.0199. The summed E-state index contributed by atoms with van der Waals surface area (Å²) >= 11 is 0. The first kappa shape index (κ1) is 26.6. The fourth-order valence-corrected chi connectivity index (χ4v) is 3.72. The first-order valence-corrected chi connectivity index (χ1v) is 11.9. The van der Waals surface area contributed by atoms with Crippen molar-refractivity contribution in [3.05, 3.63) is 48.0 Å². The van der Waals surface area contributed by atoms with Gasteiger partial charge in [0.25, 0.3) is 0 Å². The number of allylic oxidation sites excluding steroid dienone is 2. The Morgan fingerprint density at radius 3 is 2.64 bits per heavy atom. The van der Waals surface area contributed by atoms with Crippen LogP contribution in [0.25, 0.3) is 0 Å². The van der Waals surface area contributed by atoms with Crippen LogP contribution >= 0.6 is 0 Å². The number of aliphatic hydroxyl groups excluding tert-OH is 1. The normalized spacial score (nSPS) is 21.6. The highest BCUT2D eigenvalue weighted by molar-refractivity contribution is 5.86. The van der Waals surface area contributed by atoms with E-state index in [1.165, 1.54) is 0 Å². The molecule has 33 heavy (non-hydrogen) atoms. The van der Waals surface area contributed by atoms with Crippen LogP contribution in [0.2, 0.25) is 0 Å². The van der Waals surface area contributed by atoms with Crippen LogP contribution in [0.4, 0.5) is 0 Å². The fraction of sp³-hybridized carbons (Fsp3) is 0.577. The molecule has 0 spiro atoms. The van der Waals surface area contributed by atoms with E-state index in [0.717, 1.165) is 24.8 Å². The van der Waals surface area contributed by atoms with Crippen molar-refractivity contribution >= 4 is 17.8 Å². The number of amides is 2. The summed E-state index contributed by atoms with van der Waals surface area (Å²) in [7, 11) is 0. The highest BCUT2D eigenvalue weighted by Gasteiger charge is 2.26. The van der Waals surface area contributed by atoms with Crippen LogP contribution in [0, 0.1) is 11.8 Å². The fourth-order valence-electron chi connectivity index (χ4n) is 3.72. The highest BCUT2D eigenvalue weighted by Crippen LogP contribution is 2.15. The lowest BCUT2D eigenvalue weighted by molar-refractivity contribution is -0.145. The van der Waals surface area contributed by atoms with Crippen LogP contribution in [0.15, 0.2) is 42.5 Å². The van der Waals surface area contributed by atoms with Gasteiger partial charge in [-0.15, -0.1) is 0 Å². The van der Waals surface area contributed by atoms with Crippen LogP contribution < -0.4 is 10.6 Å². The minimum Gasteiger partial charge on any atom is -0.463 e. The van der Waals surface area contributed by atoms with Crippen LogP contribution in [0.3, 0.4) is 0 Å². The summed E-state index contributed by atoms with van der Waals surface area (Å²) in [6, 6.07) is 8.91. The van der Waals surface area contributed by atoms with E-state index in [9.17, 15) is 19.5 Å². The zero-order valence-electron chi connectivity index (χ0n) is 19.8. The van der Waals surface area contributed by atoms with Gasteiger partial charge in [0.1, 0.15) is 6.61 Å². The lowest BCUT2D eigenvalue weighted by Gasteiger charge is -2.25. The van der Waals surface area contributed by atoms with Gasteiger partial charge in [-0.3, -0.25) is 14.4 Å². The van der Waals surface area contributed by atoms with E-state index in [1.807, 2.05) is 56.3 Å². The smallest absolute Gasteiger partial charge is 0.305 e. The molecule has 1 aromatic rings. The van der Waals surface area contributed by atoms with Crippen molar-refractivity contribution in [2.75, 3.05) is 13.2 Å². The van der Waals surface area contributed by atoms with Crippen LogP contribution in [-0.4, -0.2) is 48.2 Å². The zero-order chi connectivity index (χ0) is 24.1. The number of hydrogen-bond donors (Lipinski definition) is 3. The van der Waals surface area contributed by atoms with Gasteiger partial charge in [-0.05, 0) is 43.6 Å². The van der Waals surface area contributed by atoms with E-state index in [-0.39, 0.29) is 49.4 Å². The molecule has 2 amide bonds. The maximum atomic E-state index is 13.0. The molecule has 0 saturated carbocycles. The molecule has 7 heteroatoms. The number of benzene rings is 1. The molecule has 182 valence electrons. The van der Waals surface area contributed by atoms with E-state index < -0.39 is 12.0 Å². The number of carbonyl (C=O) groups is 3. The average molecular weight is 459 g/mol. The second-order valence-corrected chi connectivity index (χ2v) is 9.03. The molecule has 3 N–H and O–H groups in total. The molecule has 0 aliphatic carbocycles. The van der Waals surface area contributed by atoms with Crippen molar-refractivity contribution in [1.29, 1.82) is 0 Å². The summed E-state index contributed by atoms with van der Waals surface area (Å²) in [6.07, 6.45) is 7.75. The lowest BCUT2D eigenvalue weighted by Crippen LogP contribution is -2.46. The summed E-state index contributed by atoms with van der Waals surface area (Å²) in [5, 5.41) is 15.6. The number of esters is 1. The molecule has 0 bridgehead atoms. The zero-order valence-corrected chi connectivity index (χ0v) is 19.8. The third-order valence-electron chi connectivity index (χ3n) is 5.86. The standard InChI is InChI=1S/C26H38N2O5/c1-19(2)23-18-33-25(31)14-10-5-3-4-9-13-21(26(32)28-23)16-24(30)27-22(17-29)15-20-11-7-6-8-12-20/h4,6-9,11-12,19,21-23,29H,3,5,10,13-18H2,1-2H3,(H,27,30)(H,28,32)/t21-,22-,23-/m1/s1. The Balaban J connectivity index is 2.04. The van der Waals surface area contributed by atoms with Crippen LogP contribution in [0.5, 0.6) is 0 Å². The van der Waals surface area contributed by atoms with Crippen molar-refractivity contribution < 1.29 is 24.2 Å². The molecule has 0 unspecified atom stereocenters. The van der Waals surface area contributed by atoms with Gasteiger partial charge in [-0.25, -0.2) is 0 Å². The summed E-state index contributed by atoms with van der Waals surface area (Å²) in [6.45, 7) is 3.86. The molecule has 1 heterocycles. The molecule has 1 aliphatic heterocycles. The number of cyclic esters (lactones) is 1. The number of nitrogens with one attached hydrogen (secondary N) is 2. The van der Waals surface area contributed by atoms with E-state index in [0.29, 0.717) is 19.3 Å². The van der Waals surface area contributed by atoms with Crippen LogP contribution in [0.1, 0.15) is 57.9 Å². The van der Waals surface area contributed by atoms with Gasteiger partial charge in [0.05, 0.1) is 24.6 Å². The Morgan fingerprint density at radius 1 is 1.18 bits per heavy atom. The van der Waals surface area contributed by atoms with E-state index in [2.05, 4.69) is 10.6 Å². The van der Waals surface area contributed by atoms with Gasteiger partial charge in [0.15, 0.2) is 0 Å². The molecule has 0 radical (unpaired) electrons. The maximum absolute atomic E-state index is 13.0. The Labute approximate surface area is 197 Å². The van der Waals surface area contributed by atoms with Gasteiger partial charge in [0.2, 0.25) is 11.8 Å². The van der Waals surface area contributed by atoms with Gasteiger partial charge >= 0.3 is 5.97 Å². The van der Waals surface area contributed by atoms with Gasteiger partial charge in [-0.1, -0.05) is 56.3 Å². The van der Waals surface area contributed by atoms with E-state index >= 15 is 0 Å². The molecule has 2 rings (SSSR count). The average Bonchev–Trinajstić information content (AvgIpc) is 2.79. The molecule has 3 atom stereocenters. The van der Waals surface area contributed by atoms with Crippen molar-refractivity contribution in [3.8, 4) is 0 Å². The molecule has 7 nitrogen and oxygen atoms in total. The molecule has 1 aliphatic rings. The Kier molecular flexibility index (Phi) is 11.7. The first-order chi connectivity index (χ1) is 15.9. The molecule has 0 fully saturated rings. The third-order valence-corrected chi connectivity index (χ3v) is 5.86. The summed E-state index contributed by atoms with van der Waals surface area (Å²) < 4.78 is 5.37. The molecule has 0 saturated heterocycles.